The van der Waals surface area contributed by atoms with Gasteiger partial charge in [-0.3, -0.25) is 15.0 Å². The zero-order chi connectivity index (χ0) is 18.4. The Hall–Kier alpha value is -2.34. The number of hydrogen-bond donors (Lipinski definition) is 2. The van der Waals surface area contributed by atoms with E-state index in [4.69, 9.17) is 4.52 Å². The van der Waals surface area contributed by atoms with Crippen LogP contribution in [0.3, 0.4) is 0 Å². The number of amides is 1. The van der Waals surface area contributed by atoms with Crippen molar-refractivity contribution < 1.29 is 9.32 Å². The smallest absolute Gasteiger partial charge is 0.246 e. The molecule has 1 aliphatic rings. The van der Waals surface area contributed by atoms with Crippen molar-refractivity contribution in [1.29, 1.82) is 0 Å². The van der Waals surface area contributed by atoms with Gasteiger partial charge in [-0.05, 0) is 38.4 Å². The number of carbonyl (C=O) groups is 1. The molecule has 6 heteroatoms. The van der Waals surface area contributed by atoms with Crippen molar-refractivity contribution in [2.45, 2.75) is 51.6 Å². The van der Waals surface area contributed by atoms with Gasteiger partial charge >= 0.3 is 0 Å². The molecule has 26 heavy (non-hydrogen) atoms. The maximum atomic E-state index is 12.1. The molecule has 1 aromatic heterocycles. The molecule has 0 bridgehead atoms. The number of benzene rings is 1. The molecule has 1 fully saturated rings. The molecule has 1 amide bonds. The van der Waals surface area contributed by atoms with Crippen molar-refractivity contribution in [1.82, 2.24) is 10.1 Å². The van der Waals surface area contributed by atoms with Gasteiger partial charge in [-0.15, -0.1) is 0 Å². The van der Waals surface area contributed by atoms with Crippen molar-refractivity contribution in [2.75, 3.05) is 24.2 Å². The van der Waals surface area contributed by atoms with Gasteiger partial charge in [0.05, 0.1) is 12.2 Å². The van der Waals surface area contributed by atoms with Gasteiger partial charge in [0, 0.05) is 24.3 Å². The number of nitrogens with zero attached hydrogens (tertiary/aromatic N) is 2. The van der Waals surface area contributed by atoms with Gasteiger partial charge in [-0.1, -0.05) is 42.6 Å². The van der Waals surface area contributed by atoms with E-state index in [1.165, 1.54) is 37.7 Å². The standard InChI is InChI=1S/C20H28N4O2/c1-15-12-20(26-23-15)22-19(25)13-21-18-11-7-6-8-16(18)14-24(2)17-9-4-3-5-10-17/h6-8,11-12,17,21H,3-5,9-10,13-14H2,1-2H3,(H,22,25). The van der Waals surface area contributed by atoms with Crippen molar-refractivity contribution in [3.8, 4) is 0 Å². The number of para-hydroxylation sites is 1. The molecule has 3 rings (SSSR count). The second-order valence-electron chi connectivity index (χ2n) is 7.10. The molecule has 1 saturated carbocycles. The second-order valence-corrected chi connectivity index (χ2v) is 7.10. The molecule has 140 valence electrons. The molecule has 0 aliphatic heterocycles. The van der Waals surface area contributed by atoms with E-state index in [-0.39, 0.29) is 12.5 Å². The van der Waals surface area contributed by atoms with Crippen molar-refractivity contribution >= 4 is 17.5 Å². The number of rotatable bonds is 7. The Morgan fingerprint density at radius 3 is 2.77 bits per heavy atom. The van der Waals surface area contributed by atoms with E-state index in [0.29, 0.717) is 11.9 Å². The summed E-state index contributed by atoms with van der Waals surface area (Å²) in [5, 5.41) is 9.71. The molecule has 0 unspecified atom stereocenters. The molecule has 2 N–H and O–H groups in total. The van der Waals surface area contributed by atoms with Gasteiger partial charge in [0.2, 0.25) is 11.8 Å². The molecule has 2 aromatic rings. The second kappa shape index (κ2) is 8.85. The van der Waals surface area contributed by atoms with Gasteiger partial charge in [-0.25, -0.2) is 0 Å². The third-order valence-electron chi connectivity index (χ3n) is 4.97. The topological polar surface area (TPSA) is 70.4 Å². The van der Waals surface area contributed by atoms with E-state index in [9.17, 15) is 4.79 Å². The lowest BCUT2D eigenvalue weighted by Gasteiger charge is -2.31. The third-order valence-corrected chi connectivity index (χ3v) is 4.97. The van der Waals surface area contributed by atoms with E-state index in [0.717, 1.165) is 17.9 Å². The molecule has 1 aliphatic carbocycles. The van der Waals surface area contributed by atoms with Gasteiger partial charge < -0.3 is 9.84 Å². The van der Waals surface area contributed by atoms with Gasteiger partial charge in [-0.2, -0.15) is 0 Å². The van der Waals surface area contributed by atoms with Crippen molar-refractivity contribution in [2.24, 2.45) is 0 Å². The lowest BCUT2D eigenvalue weighted by Crippen LogP contribution is -2.33. The Morgan fingerprint density at radius 2 is 2.04 bits per heavy atom. The number of aryl methyl sites for hydroxylation is 1. The molecular weight excluding hydrogens is 328 g/mol. The van der Waals surface area contributed by atoms with Crippen molar-refractivity contribution in [3.63, 3.8) is 0 Å². The summed E-state index contributed by atoms with van der Waals surface area (Å²) in [5.74, 6) is 0.219. The summed E-state index contributed by atoms with van der Waals surface area (Å²) < 4.78 is 5.01. The summed E-state index contributed by atoms with van der Waals surface area (Å²) in [6, 6.07) is 10.5. The maximum absolute atomic E-state index is 12.1. The van der Waals surface area contributed by atoms with E-state index in [1.807, 2.05) is 25.1 Å². The highest BCUT2D eigenvalue weighted by molar-refractivity contribution is 5.92. The molecule has 0 saturated heterocycles. The molecule has 0 radical (unpaired) electrons. The van der Waals surface area contributed by atoms with Gasteiger partial charge in [0.25, 0.3) is 0 Å². The van der Waals surface area contributed by atoms with Crippen LogP contribution in [0.2, 0.25) is 0 Å². The third kappa shape index (κ3) is 5.08. The number of hydrogen-bond acceptors (Lipinski definition) is 5. The maximum Gasteiger partial charge on any atom is 0.246 e. The van der Waals surface area contributed by atoms with E-state index >= 15 is 0 Å². The first-order valence-corrected chi connectivity index (χ1v) is 9.37. The Bertz CT molecular complexity index is 722. The van der Waals surface area contributed by atoms with Crippen LogP contribution < -0.4 is 10.6 Å². The zero-order valence-electron chi connectivity index (χ0n) is 15.6. The van der Waals surface area contributed by atoms with E-state index in [1.54, 1.807) is 6.07 Å². The summed E-state index contributed by atoms with van der Waals surface area (Å²) in [7, 11) is 2.20. The minimum Gasteiger partial charge on any atom is -0.376 e. The van der Waals surface area contributed by atoms with Crippen LogP contribution in [0.4, 0.5) is 11.6 Å². The first kappa shape index (κ1) is 18.5. The summed E-state index contributed by atoms with van der Waals surface area (Å²) in [4.78, 5) is 14.5. The average Bonchev–Trinajstić information content (AvgIpc) is 3.06. The number of aromatic nitrogens is 1. The first-order valence-electron chi connectivity index (χ1n) is 9.37. The highest BCUT2D eigenvalue weighted by Gasteiger charge is 2.19. The van der Waals surface area contributed by atoms with Crippen LogP contribution in [-0.2, 0) is 11.3 Å². The van der Waals surface area contributed by atoms with Crippen LogP contribution in [0.5, 0.6) is 0 Å². The predicted molar refractivity (Wildman–Crippen MR) is 103 cm³/mol. The Labute approximate surface area is 154 Å². The number of nitrogens with one attached hydrogen (secondary N) is 2. The minimum absolute atomic E-state index is 0.156. The fourth-order valence-corrected chi connectivity index (χ4v) is 3.53. The van der Waals surface area contributed by atoms with Crippen LogP contribution in [0.15, 0.2) is 34.9 Å². The summed E-state index contributed by atoms with van der Waals surface area (Å²) in [6.45, 7) is 2.89. The largest absolute Gasteiger partial charge is 0.376 e. The lowest BCUT2D eigenvalue weighted by molar-refractivity contribution is -0.114. The summed E-state index contributed by atoms with van der Waals surface area (Å²) in [6.07, 6.45) is 6.59. The monoisotopic (exact) mass is 356 g/mol. The number of anilines is 2. The Balaban J connectivity index is 1.55. The average molecular weight is 356 g/mol. The SMILES string of the molecule is Cc1cc(NC(=O)CNc2ccccc2CN(C)C2CCCCC2)on1. The highest BCUT2D eigenvalue weighted by atomic mass is 16.5. The van der Waals surface area contributed by atoms with E-state index in [2.05, 4.69) is 33.8 Å². The molecule has 1 heterocycles. The van der Waals surface area contributed by atoms with Crippen LogP contribution in [0, 0.1) is 6.92 Å². The highest BCUT2D eigenvalue weighted by Crippen LogP contribution is 2.24. The minimum atomic E-state index is -0.156. The summed E-state index contributed by atoms with van der Waals surface area (Å²) >= 11 is 0. The van der Waals surface area contributed by atoms with E-state index < -0.39 is 0 Å². The molecule has 0 spiro atoms. The lowest BCUT2D eigenvalue weighted by atomic mass is 9.94. The van der Waals surface area contributed by atoms with Crippen LogP contribution in [0.25, 0.3) is 0 Å². The van der Waals surface area contributed by atoms with Crippen molar-refractivity contribution in [3.05, 3.63) is 41.6 Å². The fraction of sp³-hybridized carbons (Fsp3) is 0.500. The normalized spacial score (nSPS) is 15.2. The number of carbonyl (C=O) groups excluding carboxylic acids is 1. The first-order chi connectivity index (χ1) is 12.6. The molecule has 0 atom stereocenters. The Kier molecular flexibility index (Phi) is 6.28. The van der Waals surface area contributed by atoms with Crippen LogP contribution >= 0.6 is 0 Å². The molecule has 1 aromatic carbocycles. The predicted octanol–water partition coefficient (Wildman–Crippen LogP) is 3.80. The van der Waals surface area contributed by atoms with Gasteiger partial charge in [0.15, 0.2) is 0 Å². The molecule has 6 nitrogen and oxygen atoms in total. The quantitative estimate of drug-likeness (QED) is 0.790. The summed E-state index contributed by atoms with van der Waals surface area (Å²) in [5.41, 5.74) is 2.95. The van der Waals surface area contributed by atoms with Crippen LogP contribution in [0.1, 0.15) is 43.4 Å². The van der Waals surface area contributed by atoms with Crippen LogP contribution in [-0.4, -0.2) is 35.6 Å². The Morgan fingerprint density at radius 1 is 1.27 bits per heavy atom. The van der Waals surface area contributed by atoms with Gasteiger partial charge in [0.1, 0.15) is 0 Å². The molecular formula is C20H28N4O2. The zero-order valence-corrected chi connectivity index (χ0v) is 15.6. The fourth-order valence-electron chi connectivity index (χ4n) is 3.53.